The lowest BCUT2D eigenvalue weighted by molar-refractivity contribution is -0.216. The van der Waals surface area contributed by atoms with E-state index >= 15 is 0 Å². The minimum absolute atomic E-state index is 0.487. The Morgan fingerprint density at radius 3 is 2.09 bits per heavy atom. The third kappa shape index (κ3) is 12.1. The number of benzene rings is 1. The zero-order chi connectivity index (χ0) is 24.0. The monoisotopic (exact) mass is 449 g/mol. The van der Waals surface area contributed by atoms with Crippen molar-refractivity contribution in [3.63, 3.8) is 0 Å². The fourth-order valence-electron chi connectivity index (χ4n) is 3.37. The van der Waals surface area contributed by atoms with E-state index in [1.54, 1.807) is 27.7 Å². The van der Waals surface area contributed by atoms with Gasteiger partial charge in [-0.2, -0.15) is 0 Å². The number of esters is 1. The van der Waals surface area contributed by atoms with Gasteiger partial charge in [-0.25, -0.2) is 9.59 Å². The third-order valence-electron chi connectivity index (χ3n) is 4.93. The standard InChI is InChI=1S/C17H23NO5.C9H20/c1-11-21-13(10-12-8-6-5-7-9-12)14(15(19)22-11)18-16(20)23-17(2,3)4;1-3-5-7-9-8-6-4-2/h5-9,11,13-14H,10H2,1-4H3,(H,18,20);3-9H2,1-2H3. The molecule has 1 fully saturated rings. The molecule has 182 valence electrons. The molecule has 1 aromatic carbocycles. The quantitative estimate of drug-likeness (QED) is 0.361. The molecule has 1 aliphatic rings. The second kappa shape index (κ2) is 14.9. The molecule has 0 saturated carbocycles. The Morgan fingerprint density at radius 2 is 1.56 bits per heavy atom. The lowest BCUT2D eigenvalue weighted by atomic mass is 10.0. The largest absolute Gasteiger partial charge is 0.444 e. The average Bonchev–Trinajstić information content (AvgIpc) is 2.70. The Labute approximate surface area is 194 Å². The average molecular weight is 450 g/mol. The summed E-state index contributed by atoms with van der Waals surface area (Å²) in [7, 11) is 0. The predicted molar refractivity (Wildman–Crippen MR) is 127 cm³/mol. The normalized spacial score (nSPS) is 20.6. The summed E-state index contributed by atoms with van der Waals surface area (Å²) in [6.07, 6.45) is 8.63. The number of hydrogen-bond acceptors (Lipinski definition) is 5. The summed E-state index contributed by atoms with van der Waals surface area (Å²) >= 11 is 0. The van der Waals surface area contributed by atoms with Crippen molar-refractivity contribution >= 4 is 12.1 Å². The molecule has 2 rings (SSSR count). The van der Waals surface area contributed by atoms with Gasteiger partial charge in [0.15, 0.2) is 6.04 Å². The van der Waals surface area contributed by atoms with E-state index in [0.717, 1.165) is 5.56 Å². The Balaban J connectivity index is 0.000000482. The van der Waals surface area contributed by atoms with Gasteiger partial charge in [-0.05, 0) is 33.3 Å². The summed E-state index contributed by atoms with van der Waals surface area (Å²) in [4.78, 5) is 24.1. The van der Waals surface area contributed by atoms with Crippen LogP contribution in [0.1, 0.15) is 92.1 Å². The number of amides is 1. The minimum Gasteiger partial charge on any atom is -0.444 e. The number of cyclic esters (lactones) is 1. The number of carbonyl (C=O) groups is 2. The Morgan fingerprint density at radius 1 is 1.00 bits per heavy atom. The number of nitrogens with one attached hydrogen (secondary N) is 1. The van der Waals surface area contributed by atoms with Gasteiger partial charge in [-0.3, -0.25) is 0 Å². The lowest BCUT2D eigenvalue weighted by Gasteiger charge is -2.34. The van der Waals surface area contributed by atoms with Crippen LogP contribution in [0.25, 0.3) is 0 Å². The smallest absolute Gasteiger partial charge is 0.408 e. The van der Waals surface area contributed by atoms with Crippen LogP contribution in [0.15, 0.2) is 30.3 Å². The maximum absolute atomic E-state index is 12.1. The highest BCUT2D eigenvalue weighted by Gasteiger charge is 2.39. The fraction of sp³-hybridized carbons (Fsp3) is 0.692. The van der Waals surface area contributed by atoms with E-state index in [1.165, 1.54) is 44.9 Å². The maximum atomic E-state index is 12.1. The maximum Gasteiger partial charge on any atom is 0.408 e. The van der Waals surface area contributed by atoms with Gasteiger partial charge >= 0.3 is 12.1 Å². The molecule has 1 aliphatic heterocycles. The molecule has 0 aromatic heterocycles. The summed E-state index contributed by atoms with van der Waals surface area (Å²) in [5, 5.41) is 2.56. The Bertz CT molecular complexity index is 650. The van der Waals surface area contributed by atoms with Gasteiger partial charge in [0.2, 0.25) is 6.29 Å². The molecule has 1 amide bonds. The zero-order valence-electron chi connectivity index (χ0n) is 20.8. The molecule has 1 saturated heterocycles. The van der Waals surface area contributed by atoms with Crippen molar-refractivity contribution in [1.29, 1.82) is 0 Å². The van der Waals surface area contributed by atoms with Gasteiger partial charge < -0.3 is 19.5 Å². The Hall–Kier alpha value is -2.08. The first-order valence-corrected chi connectivity index (χ1v) is 12.1. The second-order valence-electron chi connectivity index (χ2n) is 9.26. The van der Waals surface area contributed by atoms with Gasteiger partial charge in [0.25, 0.3) is 0 Å². The van der Waals surface area contributed by atoms with Crippen LogP contribution < -0.4 is 5.32 Å². The number of alkyl carbamates (subject to hydrolysis) is 1. The van der Waals surface area contributed by atoms with E-state index in [2.05, 4.69) is 19.2 Å². The van der Waals surface area contributed by atoms with Gasteiger partial charge in [-0.1, -0.05) is 89.1 Å². The molecule has 1 heterocycles. The molecule has 0 radical (unpaired) electrons. The first kappa shape index (κ1) is 28.0. The van der Waals surface area contributed by atoms with Crippen molar-refractivity contribution in [2.45, 2.75) is 117 Å². The number of unbranched alkanes of at least 4 members (excludes halogenated alkanes) is 6. The van der Waals surface area contributed by atoms with Crippen LogP contribution in [-0.2, 0) is 25.4 Å². The number of ether oxygens (including phenoxy) is 3. The molecule has 3 unspecified atom stereocenters. The summed E-state index contributed by atoms with van der Waals surface area (Å²) in [6, 6.07) is 8.73. The van der Waals surface area contributed by atoms with Gasteiger partial charge in [0, 0.05) is 6.42 Å². The highest BCUT2D eigenvalue weighted by Crippen LogP contribution is 2.19. The zero-order valence-corrected chi connectivity index (χ0v) is 20.8. The summed E-state index contributed by atoms with van der Waals surface area (Å²) in [5.41, 5.74) is 0.363. The van der Waals surface area contributed by atoms with Crippen molar-refractivity contribution in [3.05, 3.63) is 35.9 Å². The molecular formula is C26H43NO5. The summed E-state index contributed by atoms with van der Waals surface area (Å²) < 4.78 is 16.0. The summed E-state index contributed by atoms with van der Waals surface area (Å²) in [6.45, 7) is 11.4. The Kier molecular flexibility index (Phi) is 13.0. The van der Waals surface area contributed by atoms with Crippen LogP contribution in [0.2, 0.25) is 0 Å². The van der Waals surface area contributed by atoms with E-state index in [9.17, 15) is 9.59 Å². The van der Waals surface area contributed by atoms with E-state index < -0.39 is 36.1 Å². The molecule has 6 nitrogen and oxygen atoms in total. The van der Waals surface area contributed by atoms with Crippen molar-refractivity contribution < 1.29 is 23.8 Å². The lowest BCUT2D eigenvalue weighted by Crippen LogP contribution is -2.57. The highest BCUT2D eigenvalue weighted by molar-refractivity contribution is 5.82. The van der Waals surface area contributed by atoms with E-state index in [-0.39, 0.29) is 0 Å². The van der Waals surface area contributed by atoms with E-state index in [4.69, 9.17) is 14.2 Å². The van der Waals surface area contributed by atoms with Gasteiger partial charge in [0.1, 0.15) is 5.60 Å². The van der Waals surface area contributed by atoms with Crippen LogP contribution in [0.3, 0.4) is 0 Å². The molecule has 0 bridgehead atoms. The third-order valence-corrected chi connectivity index (χ3v) is 4.93. The number of rotatable bonds is 9. The SMILES string of the molecule is CC1OC(=O)C(NC(=O)OC(C)(C)C)C(Cc2ccccc2)O1.CCCCCCCCC. The van der Waals surface area contributed by atoms with E-state index in [0.29, 0.717) is 6.42 Å². The van der Waals surface area contributed by atoms with Gasteiger partial charge in [-0.15, -0.1) is 0 Å². The van der Waals surface area contributed by atoms with Crippen LogP contribution in [0, 0.1) is 0 Å². The predicted octanol–water partition coefficient (Wildman–Crippen LogP) is 6.17. The van der Waals surface area contributed by atoms with Crippen LogP contribution in [0.5, 0.6) is 0 Å². The fourth-order valence-corrected chi connectivity index (χ4v) is 3.37. The van der Waals surface area contributed by atoms with Crippen molar-refractivity contribution in [3.8, 4) is 0 Å². The number of carbonyl (C=O) groups excluding carboxylic acids is 2. The van der Waals surface area contributed by atoms with Crippen LogP contribution in [0.4, 0.5) is 4.79 Å². The van der Waals surface area contributed by atoms with Crippen LogP contribution in [-0.4, -0.2) is 36.1 Å². The molecule has 32 heavy (non-hydrogen) atoms. The molecular weight excluding hydrogens is 406 g/mol. The highest BCUT2D eigenvalue weighted by atomic mass is 16.7. The molecule has 0 spiro atoms. The van der Waals surface area contributed by atoms with Crippen LogP contribution >= 0.6 is 0 Å². The number of hydrogen-bond donors (Lipinski definition) is 1. The molecule has 1 aromatic rings. The molecule has 6 heteroatoms. The summed E-state index contributed by atoms with van der Waals surface area (Å²) in [5.74, 6) is -0.518. The van der Waals surface area contributed by atoms with Gasteiger partial charge in [0.05, 0.1) is 6.10 Å². The van der Waals surface area contributed by atoms with Crippen molar-refractivity contribution in [2.24, 2.45) is 0 Å². The van der Waals surface area contributed by atoms with E-state index in [1.807, 2.05) is 30.3 Å². The topological polar surface area (TPSA) is 73.9 Å². The van der Waals surface area contributed by atoms with Crippen molar-refractivity contribution in [1.82, 2.24) is 5.32 Å². The van der Waals surface area contributed by atoms with Crippen molar-refractivity contribution in [2.75, 3.05) is 0 Å². The minimum atomic E-state index is -0.902. The molecule has 1 N–H and O–H groups in total. The second-order valence-corrected chi connectivity index (χ2v) is 9.26. The molecule has 0 aliphatic carbocycles. The first-order valence-electron chi connectivity index (χ1n) is 12.1. The first-order chi connectivity index (χ1) is 15.2. The molecule has 3 atom stereocenters.